The molecule has 0 aliphatic carbocycles. The molecule has 1 heterocycles. The Balaban J connectivity index is 2.02. The maximum absolute atomic E-state index is 13.1. The Labute approximate surface area is 114 Å². The predicted octanol–water partition coefficient (Wildman–Crippen LogP) is 3.44. The number of thiophene rings is 1. The summed E-state index contributed by atoms with van der Waals surface area (Å²) in [5.74, 6) is -1.18. The molecule has 1 aromatic carbocycles. The molecule has 0 aliphatic rings. The summed E-state index contributed by atoms with van der Waals surface area (Å²) < 4.78 is 13.1. The molecule has 100 valence electrons. The molecule has 19 heavy (non-hydrogen) atoms. The summed E-state index contributed by atoms with van der Waals surface area (Å²) in [5, 5.41) is 14.0. The summed E-state index contributed by atoms with van der Waals surface area (Å²) >= 11 is 1.21. The molecule has 0 saturated carbocycles. The maximum Gasteiger partial charge on any atom is 0.346 e. The number of rotatable bonds is 5. The van der Waals surface area contributed by atoms with Gasteiger partial charge in [0.1, 0.15) is 10.7 Å². The average Bonchev–Trinajstić information content (AvgIpc) is 2.84. The second-order valence-electron chi connectivity index (χ2n) is 4.24. The van der Waals surface area contributed by atoms with Gasteiger partial charge in [0, 0.05) is 12.6 Å². The van der Waals surface area contributed by atoms with Crippen LogP contribution in [0.1, 0.15) is 33.8 Å². The molecular weight excluding hydrogens is 265 g/mol. The van der Waals surface area contributed by atoms with Gasteiger partial charge in [0.05, 0.1) is 0 Å². The molecule has 0 saturated heterocycles. The van der Waals surface area contributed by atoms with Gasteiger partial charge in [-0.1, -0.05) is 12.1 Å². The highest BCUT2D eigenvalue weighted by Crippen LogP contribution is 2.19. The van der Waals surface area contributed by atoms with Crippen molar-refractivity contribution in [3.05, 3.63) is 57.5 Å². The van der Waals surface area contributed by atoms with Crippen LogP contribution in [0.4, 0.5) is 4.39 Å². The van der Waals surface area contributed by atoms with Crippen molar-refractivity contribution in [2.75, 3.05) is 0 Å². The second-order valence-corrected chi connectivity index (χ2v) is 5.15. The summed E-state index contributed by atoms with van der Waals surface area (Å²) in [6.07, 6.45) is 0. The molecule has 0 spiro atoms. The van der Waals surface area contributed by atoms with E-state index in [-0.39, 0.29) is 11.9 Å². The number of carbonyl (C=O) groups is 1. The van der Waals surface area contributed by atoms with Crippen LogP contribution >= 0.6 is 11.3 Å². The second kappa shape index (κ2) is 5.95. The Morgan fingerprint density at radius 2 is 2.26 bits per heavy atom. The van der Waals surface area contributed by atoms with Crippen LogP contribution in [0.15, 0.2) is 35.7 Å². The molecule has 3 nitrogen and oxygen atoms in total. The number of aromatic carboxylic acids is 1. The number of hydrogen-bond donors (Lipinski definition) is 2. The van der Waals surface area contributed by atoms with Crippen molar-refractivity contribution in [3.8, 4) is 0 Å². The first kappa shape index (κ1) is 13.7. The lowest BCUT2D eigenvalue weighted by molar-refractivity contribution is 0.0701. The molecule has 0 unspecified atom stereocenters. The third kappa shape index (κ3) is 3.39. The lowest BCUT2D eigenvalue weighted by Crippen LogP contribution is -2.19. The molecule has 5 heteroatoms. The van der Waals surface area contributed by atoms with Crippen molar-refractivity contribution in [3.63, 3.8) is 0 Å². The molecule has 0 fully saturated rings. The molecule has 1 atom stereocenters. The van der Waals surface area contributed by atoms with Crippen molar-refractivity contribution in [2.45, 2.75) is 19.5 Å². The molecule has 0 amide bonds. The van der Waals surface area contributed by atoms with E-state index in [2.05, 4.69) is 5.32 Å². The maximum atomic E-state index is 13.1. The summed E-state index contributed by atoms with van der Waals surface area (Å²) in [7, 11) is 0. The predicted molar refractivity (Wildman–Crippen MR) is 72.9 cm³/mol. The van der Waals surface area contributed by atoms with Crippen molar-refractivity contribution in [1.82, 2.24) is 5.32 Å². The summed E-state index contributed by atoms with van der Waals surface area (Å²) in [4.78, 5) is 11.3. The van der Waals surface area contributed by atoms with E-state index in [1.165, 1.54) is 23.5 Å². The monoisotopic (exact) mass is 279 g/mol. The van der Waals surface area contributed by atoms with Gasteiger partial charge in [0.25, 0.3) is 0 Å². The number of hydrogen-bond acceptors (Lipinski definition) is 3. The Morgan fingerprint density at radius 1 is 1.47 bits per heavy atom. The van der Waals surface area contributed by atoms with E-state index in [9.17, 15) is 9.18 Å². The average molecular weight is 279 g/mol. The van der Waals surface area contributed by atoms with E-state index < -0.39 is 5.97 Å². The van der Waals surface area contributed by atoms with Crippen molar-refractivity contribution in [2.24, 2.45) is 0 Å². The summed E-state index contributed by atoms with van der Waals surface area (Å²) in [5.41, 5.74) is 1.59. The molecule has 2 N–H and O–H groups in total. The smallest absolute Gasteiger partial charge is 0.346 e. The van der Waals surface area contributed by atoms with Gasteiger partial charge >= 0.3 is 5.97 Å². The van der Waals surface area contributed by atoms with Crippen LogP contribution in [-0.2, 0) is 6.54 Å². The topological polar surface area (TPSA) is 49.3 Å². The fraction of sp³-hybridized carbons (Fsp3) is 0.214. The number of carboxylic acids is 1. The van der Waals surface area contributed by atoms with Gasteiger partial charge in [-0.15, -0.1) is 11.3 Å². The first-order valence-corrected chi connectivity index (χ1v) is 6.74. The standard InChI is InChI=1S/C14H14FNO2S/c1-9(10-3-2-4-12(15)7-10)16-8-11-5-6-19-13(11)14(17)18/h2-7,9,16H,8H2,1H3,(H,17,18)/t9-/m1/s1. The van der Waals surface area contributed by atoms with Crippen molar-refractivity contribution in [1.29, 1.82) is 0 Å². The van der Waals surface area contributed by atoms with Gasteiger partial charge in [-0.2, -0.15) is 0 Å². The Kier molecular flexibility index (Phi) is 4.29. The summed E-state index contributed by atoms with van der Waals surface area (Å²) in [6, 6.07) is 8.13. The Hall–Kier alpha value is -1.72. The minimum atomic E-state index is -0.912. The Morgan fingerprint density at radius 3 is 2.95 bits per heavy atom. The van der Waals surface area contributed by atoms with Gasteiger partial charge in [-0.3, -0.25) is 0 Å². The number of benzene rings is 1. The molecule has 0 aliphatic heterocycles. The van der Waals surface area contributed by atoms with Crippen LogP contribution in [0, 0.1) is 5.82 Å². The Bertz CT molecular complexity index is 582. The van der Waals surface area contributed by atoms with Crippen LogP contribution in [0.5, 0.6) is 0 Å². The van der Waals surface area contributed by atoms with E-state index in [4.69, 9.17) is 5.11 Å². The van der Waals surface area contributed by atoms with Crippen LogP contribution < -0.4 is 5.32 Å². The third-order valence-electron chi connectivity index (χ3n) is 2.89. The molecule has 0 bridgehead atoms. The number of nitrogens with one attached hydrogen (secondary N) is 1. The van der Waals surface area contributed by atoms with E-state index in [0.29, 0.717) is 11.4 Å². The normalized spacial score (nSPS) is 12.3. The van der Waals surface area contributed by atoms with Crippen LogP contribution in [-0.4, -0.2) is 11.1 Å². The van der Waals surface area contributed by atoms with E-state index in [0.717, 1.165) is 11.1 Å². The van der Waals surface area contributed by atoms with Crippen LogP contribution in [0.3, 0.4) is 0 Å². The van der Waals surface area contributed by atoms with E-state index in [1.807, 2.05) is 13.0 Å². The van der Waals surface area contributed by atoms with Crippen LogP contribution in [0.2, 0.25) is 0 Å². The van der Waals surface area contributed by atoms with Gasteiger partial charge < -0.3 is 10.4 Å². The highest BCUT2D eigenvalue weighted by Gasteiger charge is 2.12. The van der Waals surface area contributed by atoms with Crippen LogP contribution in [0.25, 0.3) is 0 Å². The molecular formula is C14H14FNO2S. The van der Waals surface area contributed by atoms with Gasteiger partial charge in [-0.25, -0.2) is 9.18 Å². The van der Waals surface area contributed by atoms with Crippen molar-refractivity contribution >= 4 is 17.3 Å². The summed E-state index contributed by atoms with van der Waals surface area (Å²) in [6.45, 7) is 2.37. The largest absolute Gasteiger partial charge is 0.477 e. The SMILES string of the molecule is C[C@@H](NCc1ccsc1C(=O)O)c1cccc(F)c1. The van der Waals surface area contributed by atoms with Gasteiger partial charge in [0.15, 0.2) is 0 Å². The quantitative estimate of drug-likeness (QED) is 0.881. The molecule has 2 rings (SSSR count). The molecule has 2 aromatic rings. The number of halogens is 1. The molecule has 1 aromatic heterocycles. The minimum Gasteiger partial charge on any atom is -0.477 e. The van der Waals surface area contributed by atoms with Crippen molar-refractivity contribution < 1.29 is 14.3 Å². The van der Waals surface area contributed by atoms with E-state index >= 15 is 0 Å². The van der Waals surface area contributed by atoms with E-state index in [1.54, 1.807) is 17.5 Å². The lowest BCUT2D eigenvalue weighted by atomic mass is 10.1. The zero-order valence-electron chi connectivity index (χ0n) is 10.4. The first-order valence-electron chi connectivity index (χ1n) is 5.86. The molecule has 0 radical (unpaired) electrons. The minimum absolute atomic E-state index is 0.0442. The number of carboxylic acid groups (broad SMARTS) is 1. The lowest BCUT2D eigenvalue weighted by Gasteiger charge is -2.14. The highest BCUT2D eigenvalue weighted by atomic mass is 32.1. The van der Waals surface area contributed by atoms with Gasteiger partial charge in [-0.05, 0) is 41.6 Å². The highest BCUT2D eigenvalue weighted by molar-refractivity contribution is 7.12. The fourth-order valence-electron chi connectivity index (χ4n) is 1.82. The third-order valence-corrected chi connectivity index (χ3v) is 3.83. The fourth-order valence-corrected chi connectivity index (χ4v) is 2.58. The van der Waals surface area contributed by atoms with Gasteiger partial charge in [0.2, 0.25) is 0 Å². The zero-order chi connectivity index (χ0) is 13.8. The zero-order valence-corrected chi connectivity index (χ0v) is 11.2. The first-order chi connectivity index (χ1) is 9.08.